The fourth-order valence-electron chi connectivity index (χ4n) is 7.84. The van der Waals surface area contributed by atoms with Gasteiger partial charge in [-0.2, -0.15) is 0 Å². The van der Waals surface area contributed by atoms with E-state index < -0.39 is 11.6 Å². The van der Waals surface area contributed by atoms with Crippen molar-refractivity contribution in [3.05, 3.63) is 46.7 Å². The van der Waals surface area contributed by atoms with Crippen molar-refractivity contribution in [1.82, 2.24) is 14.7 Å². The van der Waals surface area contributed by atoms with Gasteiger partial charge in [0.1, 0.15) is 29.7 Å². The number of carbonyl (C=O) groups excluding carboxylic acids is 2. The quantitative estimate of drug-likeness (QED) is 0.471. The van der Waals surface area contributed by atoms with Crippen LogP contribution in [0.15, 0.2) is 29.8 Å². The van der Waals surface area contributed by atoms with Gasteiger partial charge in [-0.05, 0) is 88.3 Å². The molecule has 8 rings (SSSR count). The number of anilines is 1. The monoisotopic (exact) mass is 558 g/mol. The van der Waals surface area contributed by atoms with Crippen molar-refractivity contribution in [3.8, 4) is 17.6 Å². The van der Waals surface area contributed by atoms with Crippen molar-refractivity contribution in [2.75, 3.05) is 18.6 Å². The molecule has 0 saturated heterocycles. The molecule has 4 fully saturated rings. The largest absolute Gasteiger partial charge is 0.489 e. The summed E-state index contributed by atoms with van der Waals surface area (Å²) in [6.07, 6.45) is 9.74. The molecule has 8 nitrogen and oxygen atoms in total. The standard InChI is InChI=1S/C31H34N4O4S/c1-30(2,38)7-6-18-4-5-25-24(11-18)34(3)28(37)23(16-39-25)32-27(36)22-15-35-26(17-40-29(35)33-22)31-12-19-8-20(13-31)10-21(9-19)14-31/h4-5,11,15,17,19-21,23,38H,8-10,12-14,16H2,1-3H3,(H,32,36)/t19?,20?,21?,23-,31?/m0/s1. The molecule has 40 heavy (non-hydrogen) atoms. The van der Waals surface area contributed by atoms with Crippen LogP contribution in [0, 0.1) is 29.6 Å². The van der Waals surface area contributed by atoms with E-state index >= 15 is 0 Å². The third-order valence-corrected chi connectivity index (χ3v) is 10.0. The van der Waals surface area contributed by atoms with E-state index in [9.17, 15) is 14.7 Å². The Hall–Kier alpha value is -3.35. The van der Waals surface area contributed by atoms with Crippen LogP contribution in [0.1, 0.15) is 74.1 Å². The van der Waals surface area contributed by atoms with Crippen molar-refractivity contribution >= 4 is 33.8 Å². The van der Waals surface area contributed by atoms with E-state index in [0.29, 0.717) is 22.7 Å². The number of likely N-dealkylation sites (N-methyl/N-ethyl adjacent to an activating group) is 1. The van der Waals surface area contributed by atoms with Gasteiger partial charge in [-0.15, -0.1) is 11.3 Å². The lowest BCUT2D eigenvalue weighted by Crippen LogP contribution is -2.49. The fourth-order valence-corrected chi connectivity index (χ4v) is 8.83. The maximum Gasteiger partial charge on any atom is 0.272 e. The van der Waals surface area contributed by atoms with Crippen LogP contribution in [0.4, 0.5) is 5.69 Å². The van der Waals surface area contributed by atoms with E-state index in [2.05, 4.69) is 31.9 Å². The van der Waals surface area contributed by atoms with Gasteiger partial charge in [-0.3, -0.25) is 14.0 Å². The maximum atomic E-state index is 13.4. The Morgan fingerprint density at radius 3 is 2.58 bits per heavy atom. The summed E-state index contributed by atoms with van der Waals surface area (Å²) in [6.45, 7) is 3.24. The number of ether oxygens (including phenoxy) is 1. The number of benzene rings is 1. The van der Waals surface area contributed by atoms with Gasteiger partial charge in [0.25, 0.3) is 11.8 Å². The summed E-state index contributed by atoms with van der Waals surface area (Å²) < 4.78 is 8.08. The van der Waals surface area contributed by atoms with Gasteiger partial charge >= 0.3 is 0 Å². The Kier molecular flexibility index (Phi) is 5.81. The number of nitrogens with zero attached hydrogens (tertiary/aromatic N) is 3. The zero-order valence-electron chi connectivity index (χ0n) is 23.1. The number of rotatable bonds is 3. The van der Waals surface area contributed by atoms with Gasteiger partial charge in [-0.25, -0.2) is 4.98 Å². The molecule has 3 heterocycles. The second-order valence-corrected chi connectivity index (χ2v) is 13.7. The van der Waals surface area contributed by atoms with E-state index in [-0.39, 0.29) is 23.8 Å². The summed E-state index contributed by atoms with van der Waals surface area (Å²) in [4.78, 5) is 33.7. The molecule has 1 aromatic carbocycles. The summed E-state index contributed by atoms with van der Waals surface area (Å²) in [5, 5.41) is 15.0. The van der Waals surface area contributed by atoms with Crippen molar-refractivity contribution in [1.29, 1.82) is 0 Å². The molecule has 0 unspecified atom stereocenters. The molecule has 5 aliphatic rings. The van der Waals surface area contributed by atoms with Crippen LogP contribution < -0.4 is 15.0 Å². The summed E-state index contributed by atoms with van der Waals surface area (Å²) in [5.41, 5.74) is 1.92. The molecule has 0 radical (unpaired) electrons. The highest BCUT2D eigenvalue weighted by Gasteiger charge is 2.52. The van der Waals surface area contributed by atoms with Crippen LogP contribution in [-0.2, 0) is 10.2 Å². The smallest absolute Gasteiger partial charge is 0.272 e. The van der Waals surface area contributed by atoms with Gasteiger partial charge in [0, 0.05) is 35.3 Å². The van der Waals surface area contributed by atoms with E-state index in [1.54, 1.807) is 50.4 Å². The minimum absolute atomic E-state index is 0.0113. The summed E-state index contributed by atoms with van der Waals surface area (Å²) in [7, 11) is 1.66. The van der Waals surface area contributed by atoms with E-state index in [1.165, 1.54) is 49.1 Å². The lowest BCUT2D eigenvalue weighted by Gasteiger charge is -2.56. The van der Waals surface area contributed by atoms with Crippen molar-refractivity contribution in [3.63, 3.8) is 0 Å². The highest BCUT2D eigenvalue weighted by Crippen LogP contribution is 2.61. The number of aliphatic hydroxyl groups is 1. The number of aromatic nitrogens is 2. The Morgan fingerprint density at radius 1 is 1.20 bits per heavy atom. The van der Waals surface area contributed by atoms with Crippen LogP contribution in [0.2, 0.25) is 0 Å². The van der Waals surface area contributed by atoms with Gasteiger partial charge in [-0.1, -0.05) is 11.8 Å². The first kappa shape index (κ1) is 25.6. The highest BCUT2D eigenvalue weighted by molar-refractivity contribution is 7.15. The Morgan fingerprint density at radius 2 is 1.90 bits per heavy atom. The minimum Gasteiger partial charge on any atom is -0.489 e. The van der Waals surface area contributed by atoms with E-state index in [4.69, 9.17) is 4.74 Å². The molecule has 9 heteroatoms. The topological polar surface area (TPSA) is 96.2 Å². The maximum absolute atomic E-state index is 13.4. The van der Waals surface area contributed by atoms with E-state index in [0.717, 1.165) is 22.7 Å². The lowest BCUT2D eigenvalue weighted by atomic mass is 9.49. The predicted molar refractivity (Wildman–Crippen MR) is 153 cm³/mol. The Labute approximate surface area is 237 Å². The molecule has 208 valence electrons. The summed E-state index contributed by atoms with van der Waals surface area (Å²) in [6, 6.07) is 4.44. The summed E-state index contributed by atoms with van der Waals surface area (Å²) >= 11 is 1.60. The zero-order chi connectivity index (χ0) is 27.8. The molecule has 3 aromatic rings. The molecule has 2 N–H and O–H groups in total. The average Bonchev–Trinajstić information content (AvgIpc) is 3.47. The molecule has 0 spiro atoms. The van der Waals surface area contributed by atoms with Crippen molar-refractivity contribution in [2.24, 2.45) is 17.8 Å². The van der Waals surface area contributed by atoms with Gasteiger partial charge < -0.3 is 20.1 Å². The van der Waals surface area contributed by atoms with Crippen molar-refractivity contribution < 1.29 is 19.4 Å². The van der Waals surface area contributed by atoms with Crippen LogP contribution in [0.3, 0.4) is 0 Å². The minimum atomic E-state index is -1.13. The zero-order valence-corrected chi connectivity index (χ0v) is 23.9. The molecular formula is C31H34N4O4S. The predicted octanol–water partition coefficient (Wildman–Crippen LogP) is 4.14. The SMILES string of the molecule is CN1C(=O)[C@@H](NC(=O)c2cn3c(C45CC6CC(CC(C6)C4)C5)csc3n2)COc2ccc(C#CC(C)(C)O)cc21. The van der Waals surface area contributed by atoms with Crippen LogP contribution in [0.5, 0.6) is 5.75 Å². The average molecular weight is 559 g/mol. The third kappa shape index (κ3) is 4.38. The number of imidazole rings is 1. The normalized spacial score (nSPS) is 29.0. The van der Waals surface area contributed by atoms with Crippen LogP contribution in [0.25, 0.3) is 4.96 Å². The third-order valence-electron chi connectivity index (χ3n) is 9.20. The fraction of sp³-hybridized carbons (Fsp3) is 0.516. The van der Waals surface area contributed by atoms with Crippen LogP contribution >= 0.6 is 11.3 Å². The number of fused-ring (bicyclic) bond motifs is 2. The van der Waals surface area contributed by atoms with Gasteiger partial charge in [0.2, 0.25) is 0 Å². The molecule has 1 aliphatic heterocycles. The molecular weight excluding hydrogens is 524 g/mol. The number of hydrogen-bond acceptors (Lipinski definition) is 6. The first-order valence-corrected chi connectivity index (χ1v) is 15.0. The second kappa shape index (κ2) is 9.08. The number of nitrogens with one attached hydrogen (secondary N) is 1. The van der Waals surface area contributed by atoms with Crippen LogP contribution in [-0.4, -0.2) is 51.6 Å². The molecule has 4 aliphatic carbocycles. The first-order valence-electron chi connectivity index (χ1n) is 14.1. The van der Waals surface area contributed by atoms with E-state index in [1.807, 2.05) is 6.20 Å². The molecule has 1 atom stereocenters. The Balaban J connectivity index is 1.10. The highest BCUT2D eigenvalue weighted by atomic mass is 32.1. The second-order valence-electron chi connectivity index (χ2n) is 12.8. The molecule has 4 bridgehead atoms. The lowest BCUT2D eigenvalue weighted by molar-refractivity contribution is -0.120. The van der Waals surface area contributed by atoms with Crippen molar-refractivity contribution in [2.45, 2.75) is 69.4 Å². The number of amides is 2. The number of thiazole rings is 1. The first-order chi connectivity index (χ1) is 19.1. The van der Waals surface area contributed by atoms with Gasteiger partial charge in [0.05, 0.1) is 5.69 Å². The number of hydrogen-bond donors (Lipinski definition) is 2. The molecule has 2 amide bonds. The summed E-state index contributed by atoms with van der Waals surface area (Å²) in [5.74, 6) is 8.09. The van der Waals surface area contributed by atoms with Gasteiger partial charge in [0.15, 0.2) is 4.96 Å². The Bertz CT molecular complexity index is 1550. The number of carbonyl (C=O) groups is 2. The molecule has 2 aromatic heterocycles. The molecule has 4 saturated carbocycles.